The van der Waals surface area contributed by atoms with Crippen LogP contribution in [-0.2, 0) is 9.59 Å². The van der Waals surface area contributed by atoms with Crippen molar-refractivity contribution in [1.82, 2.24) is 5.32 Å². The number of nitrogens with one attached hydrogen (secondary N) is 1. The van der Waals surface area contributed by atoms with Crippen LogP contribution >= 0.6 is 0 Å². The van der Waals surface area contributed by atoms with Crippen LogP contribution in [0.4, 0.5) is 0 Å². The van der Waals surface area contributed by atoms with Crippen LogP contribution in [0.25, 0.3) is 4.85 Å². The maximum absolute atomic E-state index is 11.5. The van der Waals surface area contributed by atoms with Gasteiger partial charge in [-0.3, -0.25) is 14.9 Å². The summed E-state index contributed by atoms with van der Waals surface area (Å²) in [6.45, 7) is 6.68. The number of hydrogen-bond acceptors (Lipinski definition) is 3. The number of rotatable bonds is 2. The summed E-state index contributed by atoms with van der Waals surface area (Å²) < 4.78 is 0. The van der Waals surface area contributed by atoms with Gasteiger partial charge >= 0.3 is 6.34 Å². The average Bonchev–Trinajstić information content (AvgIpc) is 2.21. The highest BCUT2D eigenvalue weighted by Gasteiger charge is 2.31. The minimum atomic E-state index is -0.384. The second-order valence-electron chi connectivity index (χ2n) is 3.11. The molecule has 1 N–H and O–H groups in total. The van der Waals surface area contributed by atoms with Crippen LogP contribution in [-0.4, -0.2) is 18.2 Å². The largest absolute Gasteiger partial charge is 0.389 e. The predicted molar refractivity (Wildman–Crippen MR) is 56.4 cm³/mol. The molecule has 1 heterocycles. The van der Waals surface area contributed by atoms with Gasteiger partial charge in [-0.05, 0) is 24.4 Å². The molecule has 1 atom stereocenters. The van der Waals surface area contributed by atoms with Crippen molar-refractivity contribution in [3.8, 4) is 6.57 Å². The van der Waals surface area contributed by atoms with Gasteiger partial charge in [0.25, 0.3) is 0 Å². The summed E-state index contributed by atoms with van der Waals surface area (Å²) in [6, 6.07) is 0. The monoisotopic (exact) mass is 206 g/mol. The van der Waals surface area contributed by atoms with E-state index in [1.165, 1.54) is 6.34 Å². The molecule has 1 fully saturated rings. The summed E-state index contributed by atoms with van der Waals surface area (Å²) in [5, 5.41) is 2.27. The van der Waals surface area contributed by atoms with Crippen molar-refractivity contribution in [3.05, 3.63) is 16.6 Å². The lowest BCUT2D eigenvalue weighted by Crippen LogP contribution is -2.41. The Morgan fingerprint density at radius 1 is 1.67 bits per heavy atom. The van der Waals surface area contributed by atoms with Crippen LogP contribution in [0.5, 0.6) is 0 Å². The van der Waals surface area contributed by atoms with Gasteiger partial charge < -0.3 is 0 Å². The second kappa shape index (κ2) is 5.05. The molecule has 5 nitrogen and oxygen atoms in total. The standard InChI is InChI=1S/C10H11N3O2/c1-3-8(12-6-11-2)7-4-5-9(14)13-10(7)15/h2-3,6-7H,4-5H2,1H3/p+1/b8-3-,12-6-. The number of piperidine rings is 1. The Labute approximate surface area is 87.7 Å². The highest BCUT2D eigenvalue weighted by atomic mass is 16.2. The number of carbonyl (C=O) groups is 2. The minimum absolute atomic E-state index is 0.237. The number of allylic oxidation sites excluding steroid dienone is 1. The van der Waals surface area contributed by atoms with Gasteiger partial charge in [-0.25, -0.2) is 0 Å². The maximum Gasteiger partial charge on any atom is 0.389 e. The Balaban J connectivity index is 2.79. The third-order valence-electron chi connectivity index (χ3n) is 2.17. The van der Waals surface area contributed by atoms with Crippen molar-refractivity contribution in [3.63, 3.8) is 0 Å². The van der Waals surface area contributed by atoms with Crippen LogP contribution in [0.1, 0.15) is 19.8 Å². The average molecular weight is 206 g/mol. The van der Waals surface area contributed by atoms with E-state index < -0.39 is 0 Å². The van der Waals surface area contributed by atoms with E-state index in [0.717, 1.165) is 0 Å². The normalized spacial score (nSPS) is 22.7. The lowest BCUT2D eigenvalue weighted by molar-refractivity contribution is -0.135. The Bertz CT molecular complexity index is 377. The minimum Gasteiger partial charge on any atom is -0.296 e. The third-order valence-corrected chi connectivity index (χ3v) is 2.17. The van der Waals surface area contributed by atoms with Gasteiger partial charge in [0.15, 0.2) is 5.70 Å². The van der Waals surface area contributed by atoms with Crippen LogP contribution in [0, 0.1) is 12.5 Å². The molecule has 0 bridgehead atoms. The van der Waals surface area contributed by atoms with E-state index in [1.807, 2.05) is 0 Å². The second-order valence-corrected chi connectivity index (χ2v) is 3.11. The van der Waals surface area contributed by atoms with E-state index >= 15 is 0 Å². The smallest absolute Gasteiger partial charge is 0.296 e. The molecule has 15 heavy (non-hydrogen) atoms. The molecule has 2 amide bonds. The van der Waals surface area contributed by atoms with E-state index in [-0.39, 0.29) is 17.7 Å². The number of hydrogen-bond donors (Lipinski definition) is 1. The van der Waals surface area contributed by atoms with Crippen molar-refractivity contribution in [2.45, 2.75) is 19.8 Å². The Hall–Kier alpha value is -1.96. The Kier molecular flexibility index (Phi) is 3.75. The van der Waals surface area contributed by atoms with Gasteiger partial charge in [0, 0.05) is 6.42 Å². The van der Waals surface area contributed by atoms with Gasteiger partial charge in [-0.1, -0.05) is 0 Å². The molecule has 0 aromatic rings. The number of aliphatic imine (C=N–C) groups is 1. The van der Waals surface area contributed by atoms with Gasteiger partial charge in [0.2, 0.25) is 11.8 Å². The maximum atomic E-state index is 11.5. The first kappa shape index (κ1) is 11.1. The zero-order valence-corrected chi connectivity index (χ0v) is 8.43. The molecule has 0 radical (unpaired) electrons. The Morgan fingerprint density at radius 2 is 2.40 bits per heavy atom. The molecule has 1 unspecified atom stereocenters. The summed E-state index contributed by atoms with van der Waals surface area (Å²) in [6.07, 6.45) is 3.70. The number of carbonyl (C=O) groups excluding carboxylic acids is 2. The summed E-state index contributed by atoms with van der Waals surface area (Å²) in [4.78, 5) is 29.5. The molecule has 0 aromatic heterocycles. The highest BCUT2D eigenvalue weighted by Crippen LogP contribution is 2.21. The van der Waals surface area contributed by atoms with Crippen molar-refractivity contribution in [2.24, 2.45) is 10.9 Å². The topological polar surface area (TPSA) is 62.9 Å². The zero-order chi connectivity index (χ0) is 11.3. The molecule has 5 heteroatoms. The van der Waals surface area contributed by atoms with E-state index in [1.54, 1.807) is 13.0 Å². The lowest BCUT2D eigenvalue weighted by Gasteiger charge is -2.18. The van der Waals surface area contributed by atoms with Crippen molar-refractivity contribution in [1.29, 1.82) is 0 Å². The van der Waals surface area contributed by atoms with Crippen LogP contribution in [0.3, 0.4) is 0 Å². The summed E-state index contributed by atoms with van der Waals surface area (Å²) in [7, 11) is 0. The molecule has 0 aromatic carbocycles. The summed E-state index contributed by atoms with van der Waals surface area (Å²) in [5.74, 6) is -0.932. The van der Waals surface area contributed by atoms with Gasteiger partial charge in [-0.15, -0.1) is 0 Å². The fraction of sp³-hybridized carbons (Fsp3) is 0.400. The number of imide groups is 1. The molecule has 1 aliphatic rings. The van der Waals surface area contributed by atoms with E-state index in [0.29, 0.717) is 18.5 Å². The van der Waals surface area contributed by atoms with Crippen LogP contribution in [0.2, 0.25) is 0 Å². The number of nitrogens with zero attached hydrogens (tertiary/aromatic N) is 2. The van der Waals surface area contributed by atoms with Crippen molar-refractivity contribution in [2.75, 3.05) is 0 Å². The molecule has 0 saturated carbocycles. The van der Waals surface area contributed by atoms with Gasteiger partial charge in [-0.2, -0.15) is 4.85 Å². The fourth-order valence-electron chi connectivity index (χ4n) is 1.44. The fourth-order valence-corrected chi connectivity index (χ4v) is 1.44. The molecule has 0 spiro atoms. The van der Waals surface area contributed by atoms with E-state index in [4.69, 9.17) is 6.57 Å². The molecule has 0 aliphatic carbocycles. The zero-order valence-electron chi connectivity index (χ0n) is 8.43. The molecule has 1 saturated heterocycles. The molecule has 1 rings (SSSR count). The Morgan fingerprint density at radius 3 is 2.93 bits per heavy atom. The van der Waals surface area contributed by atoms with Crippen LogP contribution < -0.4 is 5.32 Å². The summed E-state index contributed by atoms with van der Waals surface area (Å²) >= 11 is 0. The SMILES string of the molecule is C#[N+]/C=N\C(=C/C)C1CCC(=O)NC1=O. The van der Waals surface area contributed by atoms with Gasteiger partial charge in [0.05, 0.1) is 0 Å². The first-order valence-corrected chi connectivity index (χ1v) is 4.61. The number of amides is 2. The molecule has 1 aliphatic heterocycles. The molecular weight excluding hydrogens is 194 g/mol. The third kappa shape index (κ3) is 2.74. The van der Waals surface area contributed by atoms with Gasteiger partial charge in [0.1, 0.15) is 12.5 Å². The first-order valence-electron chi connectivity index (χ1n) is 4.61. The molecule has 78 valence electrons. The molecular formula is C10H12N3O2+. The summed E-state index contributed by atoms with van der Waals surface area (Å²) in [5.41, 5.74) is 0.578. The van der Waals surface area contributed by atoms with Crippen molar-refractivity contribution < 1.29 is 9.59 Å². The van der Waals surface area contributed by atoms with Crippen molar-refractivity contribution >= 4 is 18.2 Å². The first-order chi connectivity index (χ1) is 7.19. The lowest BCUT2D eigenvalue weighted by atomic mass is 9.95. The van der Waals surface area contributed by atoms with Crippen LogP contribution in [0.15, 0.2) is 16.8 Å². The quantitative estimate of drug-likeness (QED) is 0.415. The van der Waals surface area contributed by atoms with E-state index in [9.17, 15) is 9.59 Å². The van der Waals surface area contributed by atoms with E-state index in [2.05, 4.69) is 15.2 Å². The highest BCUT2D eigenvalue weighted by molar-refractivity contribution is 5.99. The predicted octanol–water partition coefficient (Wildman–Crippen LogP) is 0.934.